The van der Waals surface area contributed by atoms with Gasteiger partial charge < -0.3 is 0 Å². The molecular formula is C8H8FNO2. The van der Waals surface area contributed by atoms with E-state index >= 15 is 0 Å². The first kappa shape index (κ1) is 8.64. The number of hydrogen-bond donors (Lipinski definition) is 0. The van der Waals surface area contributed by atoms with Crippen LogP contribution in [0.15, 0.2) is 35.8 Å². The monoisotopic (exact) mass is 169 g/mol. The van der Waals surface area contributed by atoms with E-state index in [1.165, 1.54) is 6.08 Å². The fourth-order valence-electron chi connectivity index (χ4n) is 0.856. The van der Waals surface area contributed by atoms with E-state index in [0.29, 0.717) is 0 Å². The number of allylic oxidation sites excluding steroid dienone is 5. The van der Waals surface area contributed by atoms with Gasteiger partial charge in [0.2, 0.25) is 0 Å². The van der Waals surface area contributed by atoms with Gasteiger partial charge in [0.1, 0.15) is 0 Å². The Balaban J connectivity index is 3.04. The lowest BCUT2D eigenvalue weighted by Crippen LogP contribution is -1.96. The van der Waals surface area contributed by atoms with Gasteiger partial charge in [0.15, 0.2) is 5.83 Å². The standard InChI is InChI=1S/C8H8FNO2/c1-6-2-4-7(9)8(5-3-6)10(11)12/h2-6H,1H3. The summed E-state index contributed by atoms with van der Waals surface area (Å²) >= 11 is 0. The van der Waals surface area contributed by atoms with Crippen molar-refractivity contribution in [1.82, 2.24) is 0 Å². The summed E-state index contributed by atoms with van der Waals surface area (Å²) in [5.74, 6) is -0.756. The van der Waals surface area contributed by atoms with Gasteiger partial charge in [0.25, 0.3) is 0 Å². The van der Waals surface area contributed by atoms with Crippen LogP contribution in [0, 0.1) is 16.0 Å². The molecule has 0 N–H and O–H groups in total. The Labute approximate surface area is 69.0 Å². The molecule has 0 aromatic rings. The maximum absolute atomic E-state index is 12.8. The van der Waals surface area contributed by atoms with Crippen LogP contribution < -0.4 is 0 Å². The molecule has 64 valence electrons. The minimum absolute atomic E-state index is 0.0354. The summed E-state index contributed by atoms with van der Waals surface area (Å²) < 4.78 is 12.8. The summed E-state index contributed by atoms with van der Waals surface area (Å²) in [6.45, 7) is 1.82. The lowest BCUT2D eigenvalue weighted by Gasteiger charge is -1.90. The van der Waals surface area contributed by atoms with E-state index in [1.807, 2.05) is 6.92 Å². The molecule has 1 aliphatic carbocycles. The Morgan fingerprint density at radius 2 is 2.08 bits per heavy atom. The highest BCUT2D eigenvalue weighted by molar-refractivity contribution is 5.28. The van der Waals surface area contributed by atoms with Crippen molar-refractivity contribution in [3.8, 4) is 0 Å². The SMILES string of the molecule is CC1C=CC(F)=C([N+](=O)[O-])C=C1. The molecule has 0 spiro atoms. The Bertz CT molecular complexity index is 291. The van der Waals surface area contributed by atoms with Crippen LogP contribution in [0.4, 0.5) is 4.39 Å². The third-order valence-corrected chi connectivity index (χ3v) is 1.55. The molecule has 0 aliphatic heterocycles. The maximum atomic E-state index is 12.8. The summed E-state index contributed by atoms with van der Waals surface area (Å²) in [7, 11) is 0. The van der Waals surface area contributed by atoms with Crippen LogP contribution in [0.5, 0.6) is 0 Å². The number of nitro groups is 1. The van der Waals surface area contributed by atoms with Crippen molar-refractivity contribution in [2.24, 2.45) is 5.92 Å². The second-order valence-corrected chi connectivity index (χ2v) is 2.57. The van der Waals surface area contributed by atoms with E-state index in [2.05, 4.69) is 0 Å². The largest absolute Gasteiger partial charge is 0.304 e. The highest BCUT2D eigenvalue weighted by Gasteiger charge is 2.15. The number of hydrogen-bond acceptors (Lipinski definition) is 2. The van der Waals surface area contributed by atoms with Gasteiger partial charge in [0.05, 0.1) is 4.92 Å². The molecule has 0 saturated heterocycles. The average molecular weight is 169 g/mol. The molecule has 0 bridgehead atoms. The van der Waals surface area contributed by atoms with Gasteiger partial charge in [0, 0.05) is 6.08 Å². The third kappa shape index (κ3) is 1.78. The number of nitrogens with zero attached hydrogens (tertiary/aromatic N) is 1. The van der Waals surface area contributed by atoms with Crippen LogP contribution in [0.1, 0.15) is 6.92 Å². The highest BCUT2D eigenvalue weighted by atomic mass is 19.1. The molecule has 0 radical (unpaired) electrons. The van der Waals surface area contributed by atoms with Crippen LogP contribution in [0.25, 0.3) is 0 Å². The van der Waals surface area contributed by atoms with E-state index in [-0.39, 0.29) is 5.92 Å². The Kier molecular flexibility index (Phi) is 2.38. The van der Waals surface area contributed by atoms with Crippen molar-refractivity contribution in [3.05, 3.63) is 45.9 Å². The topological polar surface area (TPSA) is 43.1 Å². The van der Waals surface area contributed by atoms with Crippen LogP contribution in [0.2, 0.25) is 0 Å². The third-order valence-electron chi connectivity index (χ3n) is 1.55. The molecule has 0 heterocycles. The quantitative estimate of drug-likeness (QED) is 0.446. The molecule has 0 aromatic carbocycles. The van der Waals surface area contributed by atoms with Crippen molar-refractivity contribution in [1.29, 1.82) is 0 Å². The molecule has 1 unspecified atom stereocenters. The van der Waals surface area contributed by atoms with E-state index in [9.17, 15) is 14.5 Å². The zero-order valence-electron chi connectivity index (χ0n) is 6.53. The molecule has 1 atom stereocenters. The summed E-state index contributed by atoms with van der Waals surface area (Å²) in [4.78, 5) is 9.52. The Morgan fingerprint density at radius 3 is 2.67 bits per heavy atom. The van der Waals surface area contributed by atoms with Gasteiger partial charge in [-0.3, -0.25) is 10.1 Å². The molecule has 1 aliphatic rings. The summed E-state index contributed by atoms with van der Waals surface area (Å²) in [6.07, 6.45) is 5.48. The van der Waals surface area contributed by atoms with Crippen molar-refractivity contribution >= 4 is 0 Å². The van der Waals surface area contributed by atoms with Crippen LogP contribution >= 0.6 is 0 Å². The van der Waals surface area contributed by atoms with Gasteiger partial charge in [-0.2, -0.15) is 4.39 Å². The first-order valence-corrected chi connectivity index (χ1v) is 3.52. The lowest BCUT2D eigenvalue weighted by atomic mass is 10.2. The van der Waals surface area contributed by atoms with Gasteiger partial charge >= 0.3 is 5.70 Å². The minimum Gasteiger partial charge on any atom is -0.258 e. The molecular weight excluding hydrogens is 161 g/mol. The average Bonchev–Trinajstić information content (AvgIpc) is 2.14. The maximum Gasteiger partial charge on any atom is 0.304 e. The van der Waals surface area contributed by atoms with E-state index in [1.54, 1.807) is 12.2 Å². The van der Waals surface area contributed by atoms with Crippen molar-refractivity contribution < 1.29 is 9.31 Å². The molecule has 0 saturated carbocycles. The van der Waals surface area contributed by atoms with Gasteiger partial charge in [-0.1, -0.05) is 19.1 Å². The second kappa shape index (κ2) is 3.30. The minimum atomic E-state index is -0.791. The van der Waals surface area contributed by atoms with Crippen molar-refractivity contribution in [2.45, 2.75) is 6.92 Å². The molecule has 0 fully saturated rings. The summed E-state index contributed by atoms with van der Waals surface area (Å²) in [6, 6.07) is 0. The Hall–Kier alpha value is -1.45. The fraction of sp³-hybridized carbons (Fsp3) is 0.250. The highest BCUT2D eigenvalue weighted by Crippen LogP contribution is 2.16. The zero-order valence-corrected chi connectivity index (χ0v) is 6.53. The van der Waals surface area contributed by atoms with E-state index in [4.69, 9.17) is 0 Å². The first-order valence-electron chi connectivity index (χ1n) is 3.52. The van der Waals surface area contributed by atoms with Gasteiger partial charge in [-0.15, -0.1) is 0 Å². The normalized spacial score (nSPS) is 22.7. The number of halogens is 1. The van der Waals surface area contributed by atoms with Crippen LogP contribution in [-0.4, -0.2) is 4.92 Å². The molecule has 0 aromatic heterocycles. The molecule has 4 heteroatoms. The fourth-order valence-corrected chi connectivity index (χ4v) is 0.856. The predicted molar refractivity (Wildman–Crippen MR) is 42.6 cm³/mol. The van der Waals surface area contributed by atoms with Gasteiger partial charge in [-0.05, 0) is 12.0 Å². The predicted octanol–water partition coefficient (Wildman–Crippen LogP) is 2.21. The molecule has 1 rings (SSSR count). The van der Waals surface area contributed by atoms with Crippen molar-refractivity contribution in [2.75, 3.05) is 0 Å². The smallest absolute Gasteiger partial charge is 0.258 e. The second-order valence-electron chi connectivity index (χ2n) is 2.57. The summed E-state index contributed by atoms with van der Waals surface area (Å²) in [5, 5.41) is 10.2. The van der Waals surface area contributed by atoms with Crippen LogP contribution in [-0.2, 0) is 0 Å². The van der Waals surface area contributed by atoms with E-state index < -0.39 is 16.4 Å². The van der Waals surface area contributed by atoms with Gasteiger partial charge in [-0.25, -0.2) is 0 Å². The van der Waals surface area contributed by atoms with Crippen LogP contribution in [0.3, 0.4) is 0 Å². The Morgan fingerprint density at radius 1 is 1.50 bits per heavy atom. The first-order chi connectivity index (χ1) is 5.61. The lowest BCUT2D eigenvalue weighted by molar-refractivity contribution is -0.421. The van der Waals surface area contributed by atoms with E-state index in [0.717, 1.165) is 6.08 Å². The molecule has 0 amide bonds. The molecule has 12 heavy (non-hydrogen) atoms. The number of rotatable bonds is 1. The summed E-state index contributed by atoms with van der Waals surface area (Å²) in [5.41, 5.74) is -0.476. The van der Waals surface area contributed by atoms with Crippen molar-refractivity contribution in [3.63, 3.8) is 0 Å². The zero-order chi connectivity index (χ0) is 9.14. The molecule has 3 nitrogen and oxygen atoms in total.